The molecule has 102 valence electrons. The third-order valence-corrected chi connectivity index (χ3v) is 2.91. The summed E-state index contributed by atoms with van der Waals surface area (Å²) in [5.74, 6) is 0.757. The van der Waals surface area contributed by atoms with Crippen LogP contribution < -0.4 is 5.73 Å². The van der Waals surface area contributed by atoms with Crippen LogP contribution in [0.4, 0.5) is 4.39 Å². The Balaban J connectivity index is 2.00. The molecule has 1 aromatic heterocycles. The Morgan fingerprint density at radius 2 is 2.16 bits per heavy atom. The van der Waals surface area contributed by atoms with Crippen molar-refractivity contribution in [1.82, 2.24) is 10.1 Å². The number of nitrogens with two attached hydrogens (primary N) is 1. The maximum Gasteiger partial charge on any atom is 0.228 e. The molecule has 1 heterocycles. The second kappa shape index (κ2) is 6.43. The predicted molar refractivity (Wildman–Crippen MR) is 70.1 cm³/mol. The van der Waals surface area contributed by atoms with Gasteiger partial charge in [-0.15, -0.1) is 0 Å². The van der Waals surface area contributed by atoms with E-state index in [1.165, 1.54) is 6.07 Å². The Morgan fingerprint density at radius 1 is 1.37 bits per heavy atom. The van der Waals surface area contributed by atoms with Crippen LogP contribution in [0.1, 0.15) is 37.0 Å². The average Bonchev–Trinajstić information content (AvgIpc) is 2.80. The maximum absolute atomic E-state index is 13.5. The lowest BCUT2D eigenvalue weighted by Crippen LogP contribution is -2.22. The summed E-state index contributed by atoms with van der Waals surface area (Å²) in [7, 11) is 0. The molecule has 0 fully saturated rings. The topological polar surface area (TPSA) is 64.9 Å². The first-order valence-corrected chi connectivity index (χ1v) is 6.49. The number of benzene rings is 1. The quantitative estimate of drug-likeness (QED) is 0.869. The van der Waals surface area contributed by atoms with Crippen LogP contribution in [0.15, 0.2) is 28.8 Å². The van der Waals surface area contributed by atoms with Gasteiger partial charge in [0.2, 0.25) is 5.89 Å². The van der Waals surface area contributed by atoms with E-state index < -0.39 is 0 Å². The van der Waals surface area contributed by atoms with E-state index in [4.69, 9.17) is 10.3 Å². The van der Waals surface area contributed by atoms with Crippen LogP contribution in [0.3, 0.4) is 0 Å². The normalized spacial score (nSPS) is 12.6. The summed E-state index contributed by atoms with van der Waals surface area (Å²) in [6.07, 6.45) is 2.85. The first kappa shape index (κ1) is 13.7. The summed E-state index contributed by atoms with van der Waals surface area (Å²) in [4.78, 5) is 4.24. The van der Waals surface area contributed by atoms with Crippen LogP contribution in [0.5, 0.6) is 0 Å². The third kappa shape index (κ3) is 3.86. The Hall–Kier alpha value is -1.75. The standard InChI is InChI=1S/C14H18FN3O/c1-2-5-11(16)9-14-17-13(18-19-14)8-10-6-3-4-7-12(10)15/h3-4,6-7,11H,2,5,8-9,16H2,1H3. The van der Waals surface area contributed by atoms with Gasteiger partial charge in [-0.3, -0.25) is 0 Å². The fraction of sp³-hybridized carbons (Fsp3) is 0.429. The van der Waals surface area contributed by atoms with E-state index in [9.17, 15) is 4.39 Å². The molecule has 0 aliphatic carbocycles. The van der Waals surface area contributed by atoms with E-state index in [-0.39, 0.29) is 11.9 Å². The third-order valence-electron chi connectivity index (χ3n) is 2.91. The minimum Gasteiger partial charge on any atom is -0.339 e. The molecule has 0 bridgehead atoms. The summed E-state index contributed by atoms with van der Waals surface area (Å²) < 4.78 is 18.6. The minimum absolute atomic E-state index is 0.0340. The number of hydrogen-bond acceptors (Lipinski definition) is 4. The van der Waals surface area contributed by atoms with E-state index in [1.807, 2.05) is 0 Å². The molecule has 19 heavy (non-hydrogen) atoms. The molecule has 1 aromatic carbocycles. The molecule has 0 aliphatic heterocycles. The highest BCUT2D eigenvalue weighted by molar-refractivity contribution is 5.20. The molecular formula is C14H18FN3O. The van der Waals surface area contributed by atoms with E-state index in [2.05, 4.69) is 17.1 Å². The van der Waals surface area contributed by atoms with Gasteiger partial charge in [-0.25, -0.2) is 4.39 Å². The van der Waals surface area contributed by atoms with Crippen LogP contribution in [0.25, 0.3) is 0 Å². The van der Waals surface area contributed by atoms with Crippen molar-refractivity contribution in [3.8, 4) is 0 Å². The molecule has 0 saturated heterocycles. The first-order valence-electron chi connectivity index (χ1n) is 6.49. The lowest BCUT2D eigenvalue weighted by Gasteiger charge is -2.05. The zero-order valence-corrected chi connectivity index (χ0v) is 11.0. The molecule has 0 radical (unpaired) electrons. The van der Waals surface area contributed by atoms with E-state index >= 15 is 0 Å². The summed E-state index contributed by atoms with van der Waals surface area (Å²) in [6, 6.07) is 6.62. The molecule has 4 nitrogen and oxygen atoms in total. The van der Waals surface area contributed by atoms with Crippen LogP contribution in [-0.2, 0) is 12.8 Å². The number of nitrogens with zero attached hydrogens (tertiary/aromatic N) is 2. The average molecular weight is 263 g/mol. The molecule has 2 N–H and O–H groups in total. The van der Waals surface area contributed by atoms with Crippen molar-refractivity contribution in [2.24, 2.45) is 5.73 Å². The lowest BCUT2D eigenvalue weighted by atomic mass is 10.1. The summed E-state index contributed by atoms with van der Waals surface area (Å²) in [5, 5.41) is 3.86. The highest BCUT2D eigenvalue weighted by Crippen LogP contribution is 2.12. The van der Waals surface area contributed by atoms with Crippen molar-refractivity contribution in [3.05, 3.63) is 47.4 Å². The summed E-state index contributed by atoms with van der Waals surface area (Å²) in [6.45, 7) is 2.08. The summed E-state index contributed by atoms with van der Waals surface area (Å²) >= 11 is 0. The molecule has 2 rings (SSSR count). The van der Waals surface area contributed by atoms with Crippen LogP contribution in [0.2, 0.25) is 0 Å². The van der Waals surface area contributed by atoms with Gasteiger partial charge < -0.3 is 10.3 Å². The van der Waals surface area contributed by atoms with Gasteiger partial charge in [0.1, 0.15) is 5.82 Å². The smallest absolute Gasteiger partial charge is 0.228 e. The molecule has 1 atom stereocenters. The van der Waals surface area contributed by atoms with Crippen molar-refractivity contribution in [3.63, 3.8) is 0 Å². The van der Waals surface area contributed by atoms with E-state index in [0.717, 1.165) is 12.8 Å². The number of hydrogen-bond donors (Lipinski definition) is 1. The number of halogens is 1. The molecule has 2 aromatic rings. The zero-order valence-electron chi connectivity index (χ0n) is 11.0. The Bertz CT molecular complexity index is 527. The van der Waals surface area contributed by atoms with Gasteiger partial charge in [0.15, 0.2) is 5.82 Å². The second-order valence-electron chi connectivity index (χ2n) is 4.63. The molecular weight excluding hydrogens is 245 g/mol. The molecule has 0 saturated carbocycles. The molecule has 0 aliphatic rings. The van der Waals surface area contributed by atoms with Crippen molar-refractivity contribution < 1.29 is 8.91 Å². The zero-order chi connectivity index (χ0) is 13.7. The van der Waals surface area contributed by atoms with Gasteiger partial charge in [-0.1, -0.05) is 36.7 Å². The van der Waals surface area contributed by atoms with Crippen molar-refractivity contribution in [2.45, 2.75) is 38.6 Å². The van der Waals surface area contributed by atoms with Crippen molar-refractivity contribution in [2.75, 3.05) is 0 Å². The molecule has 0 amide bonds. The Kier molecular flexibility index (Phi) is 4.63. The molecule has 1 unspecified atom stereocenters. The van der Waals surface area contributed by atoms with Gasteiger partial charge in [0, 0.05) is 18.9 Å². The molecule has 0 spiro atoms. The Morgan fingerprint density at radius 3 is 2.89 bits per heavy atom. The minimum atomic E-state index is -0.253. The maximum atomic E-state index is 13.5. The number of rotatable bonds is 6. The molecule has 5 heteroatoms. The van der Waals surface area contributed by atoms with Crippen molar-refractivity contribution >= 4 is 0 Å². The van der Waals surface area contributed by atoms with Gasteiger partial charge in [-0.2, -0.15) is 4.98 Å². The summed E-state index contributed by atoms with van der Waals surface area (Å²) in [5.41, 5.74) is 6.48. The second-order valence-corrected chi connectivity index (χ2v) is 4.63. The van der Waals surface area contributed by atoms with Gasteiger partial charge >= 0.3 is 0 Å². The SMILES string of the molecule is CCCC(N)Cc1nc(Cc2ccccc2F)no1. The van der Waals surface area contributed by atoms with Gasteiger partial charge in [0.25, 0.3) is 0 Å². The van der Waals surface area contributed by atoms with Gasteiger partial charge in [0.05, 0.1) is 0 Å². The van der Waals surface area contributed by atoms with Gasteiger partial charge in [-0.05, 0) is 18.1 Å². The lowest BCUT2D eigenvalue weighted by molar-refractivity contribution is 0.361. The van der Waals surface area contributed by atoms with E-state index in [1.54, 1.807) is 18.2 Å². The highest BCUT2D eigenvalue weighted by Gasteiger charge is 2.12. The number of aromatic nitrogens is 2. The Labute approximate surface area is 111 Å². The van der Waals surface area contributed by atoms with Crippen LogP contribution >= 0.6 is 0 Å². The van der Waals surface area contributed by atoms with Crippen LogP contribution in [0, 0.1) is 5.82 Å². The van der Waals surface area contributed by atoms with Crippen molar-refractivity contribution in [1.29, 1.82) is 0 Å². The largest absolute Gasteiger partial charge is 0.339 e. The predicted octanol–water partition coefficient (Wildman–Crippen LogP) is 2.47. The van der Waals surface area contributed by atoms with Crippen LogP contribution in [-0.4, -0.2) is 16.2 Å². The highest BCUT2D eigenvalue weighted by atomic mass is 19.1. The fourth-order valence-electron chi connectivity index (χ4n) is 1.95. The fourth-order valence-corrected chi connectivity index (χ4v) is 1.95. The monoisotopic (exact) mass is 263 g/mol. The first-order chi connectivity index (χ1) is 9.19. The van der Waals surface area contributed by atoms with E-state index in [0.29, 0.717) is 30.1 Å².